The van der Waals surface area contributed by atoms with Gasteiger partial charge in [-0.15, -0.1) is 0 Å². The molecule has 0 bridgehead atoms. The number of aromatic nitrogens is 1. The molecule has 2 aliphatic rings. The molecule has 36 heavy (non-hydrogen) atoms. The molecule has 3 heterocycles. The maximum absolute atomic E-state index is 10.8. The van der Waals surface area contributed by atoms with Gasteiger partial charge >= 0.3 is 0 Å². The van der Waals surface area contributed by atoms with Crippen molar-refractivity contribution in [2.75, 3.05) is 59.1 Å². The topological polar surface area (TPSA) is 85.7 Å². The normalized spacial score (nSPS) is 17.6. The number of hydrogen-bond donors (Lipinski definition) is 2. The summed E-state index contributed by atoms with van der Waals surface area (Å²) in [4.78, 5) is 18.6. The molecule has 3 aromatic rings. The van der Waals surface area contributed by atoms with Crippen LogP contribution in [0.2, 0.25) is 0 Å². The van der Waals surface area contributed by atoms with Crippen LogP contribution in [0.5, 0.6) is 5.88 Å². The van der Waals surface area contributed by atoms with Gasteiger partial charge in [0.25, 0.3) is 0 Å². The van der Waals surface area contributed by atoms with E-state index in [-0.39, 0.29) is 5.88 Å². The molecule has 0 atom stereocenters. The standard InChI is InChI=1S/C27H32BrN5O3/c1-2-15-35-16-13-32-9-11-33(12-10-32)14-17-36-31-25-20-5-3-4-6-22(20)29-26(25)24-21-18-19(28)7-8-23(21)30-27(24)34/h3-8,18,30,34H,2,9-17H2,1H3. The van der Waals surface area contributed by atoms with Gasteiger partial charge in [0.2, 0.25) is 0 Å². The number of aromatic amines is 1. The lowest BCUT2D eigenvalue weighted by Crippen LogP contribution is -2.48. The zero-order valence-electron chi connectivity index (χ0n) is 20.5. The van der Waals surface area contributed by atoms with E-state index in [2.05, 4.69) is 42.8 Å². The second kappa shape index (κ2) is 11.6. The van der Waals surface area contributed by atoms with Crippen LogP contribution in [0.15, 0.2) is 57.1 Å². The Morgan fingerprint density at radius 3 is 2.56 bits per heavy atom. The van der Waals surface area contributed by atoms with Gasteiger partial charge in [0.1, 0.15) is 18.0 Å². The highest BCUT2D eigenvalue weighted by atomic mass is 79.9. The highest BCUT2D eigenvalue weighted by Gasteiger charge is 2.29. The molecular formula is C27H32BrN5O3. The van der Waals surface area contributed by atoms with Crippen molar-refractivity contribution in [1.29, 1.82) is 0 Å². The summed E-state index contributed by atoms with van der Waals surface area (Å²) in [6.07, 6.45) is 1.07. The lowest BCUT2D eigenvalue weighted by Gasteiger charge is -2.34. The summed E-state index contributed by atoms with van der Waals surface area (Å²) in [5.41, 5.74) is 4.42. The Balaban J connectivity index is 1.24. The van der Waals surface area contributed by atoms with Crippen molar-refractivity contribution in [1.82, 2.24) is 14.8 Å². The molecule has 2 aromatic carbocycles. The monoisotopic (exact) mass is 553 g/mol. The molecule has 8 nitrogen and oxygen atoms in total. The van der Waals surface area contributed by atoms with Crippen molar-refractivity contribution in [2.45, 2.75) is 13.3 Å². The minimum atomic E-state index is 0.0697. The molecule has 0 spiro atoms. The maximum atomic E-state index is 10.8. The highest BCUT2D eigenvalue weighted by molar-refractivity contribution is 9.10. The number of para-hydroxylation sites is 1. The summed E-state index contributed by atoms with van der Waals surface area (Å²) >= 11 is 3.53. The number of piperazine rings is 1. The van der Waals surface area contributed by atoms with Crippen LogP contribution in [0.1, 0.15) is 24.5 Å². The van der Waals surface area contributed by atoms with Gasteiger partial charge in [0.15, 0.2) is 5.88 Å². The average Bonchev–Trinajstić information content (AvgIpc) is 3.41. The van der Waals surface area contributed by atoms with E-state index in [4.69, 9.17) is 14.6 Å². The van der Waals surface area contributed by atoms with Gasteiger partial charge < -0.3 is 19.7 Å². The molecule has 1 aromatic heterocycles. The van der Waals surface area contributed by atoms with E-state index in [1.807, 2.05) is 42.5 Å². The van der Waals surface area contributed by atoms with Crippen LogP contribution in [0, 0.1) is 0 Å². The Kier molecular flexibility index (Phi) is 8.01. The van der Waals surface area contributed by atoms with Gasteiger partial charge in [-0.2, -0.15) is 0 Å². The summed E-state index contributed by atoms with van der Waals surface area (Å²) in [6, 6.07) is 13.7. The zero-order valence-corrected chi connectivity index (χ0v) is 22.1. The molecule has 5 rings (SSSR count). The van der Waals surface area contributed by atoms with Gasteiger partial charge in [0.05, 0.1) is 17.9 Å². The van der Waals surface area contributed by atoms with E-state index in [9.17, 15) is 5.11 Å². The fraction of sp³-hybridized carbons (Fsp3) is 0.407. The first kappa shape index (κ1) is 25.0. The van der Waals surface area contributed by atoms with E-state index in [0.29, 0.717) is 23.6 Å². The number of aromatic hydroxyl groups is 1. The van der Waals surface area contributed by atoms with Crippen molar-refractivity contribution >= 4 is 43.9 Å². The maximum Gasteiger partial charge on any atom is 0.199 e. The molecule has 2 aliphatic heterocycles. The van der Waals surface area contributed by atoms with Crippen molar-refractivity contribution in [3.05, 3.63) is 58.1 Å². The van der Waals surface area contributed by atoms with E-state index in [1.165, 1.54) is 0 Å². The minimum absolute atomic E-state index is 0.0697. The predicted octanol–water partition coefficient (Wildman–Crippen LogP) is 4.54. The van der Waals surface area contributed by atoms with Gasteiger partial charge in [-0.1, -0.05) is 46.2 Å². The molecule has 0 amide bonds. The first-order chi connectivity index (χ1) is 17.6. The van der Waals surface area contributed by atoms with Crippen LogP contribution in [-0.2, 0) is 9.57 Å². The van der Waals surface area contributed by atoms with Crippen molar-refractivity contribution < 1.29 is 14.7 Å². The van der Waals surface area contributed by atoms with Gasteiger partial charge in [-0.25, -0.2) is 4.99 Å². The number of nitrogens with zero attached hydrogens (tertiary/aromatic N) is 4. The van der Waals surface area contributed by atoms with E-state index in [0.717, 1.165) is 85.5 Å². The first-order valence-electron chi connectivity index (χ1n) is 12.6. The molecule has 0 unspecified atom stereocenters. The number of halogens is 1. The molecule has 0 radical (unpaired) electrons. The zero-order chi connectivity index (χ0) is 24.9. The van der Waals surface area contributed by atoms with Crippen molar-refractivity contribution in [3.63, 3.8) is 0 Å². The van der Waals surface area contributed by atoms with Crippen LogP contribution in [-0.4, -0.2) is 90.4 Å². The summed E-state index contributed by atoms with van der Waals surface area (Å²) < 4.78 is 6.54. The Morgan fingerprint density at radius 1 is 1.03 bits per heavy atom. The molecule has 0 saturated carbocycles. The quantitative estimate of drug-likeness (QED) is 0.284. The number of oxime groups is 1. The number of nitrogens with one attached hydrogen (secondary N) is 1. The number of fused-ring (bicyclic) bond motifs is 2. The Bertz CT molecular complexity index is 1260. The van der Waals surface area contributed by atoms with Gasteiger partial charge in [-0.3, -0.25) is 9.80 Å². The fourth-order valence-electron chi connectivity index (χ4n) is 4.69. The minimum Gasteiger partial charge on any atom is -0.494 e. The highest BCUT2D eigenvalue weighted by Crippen LogP contribution is 2.36. The predicted molar refractivity (Wildman–Crippen MR) is 147 cm³/mol. The summed E-state index contributed by atoms with van der Waals surface area (Å²) in [5, 5.41) is 16.2. The third-order valence-electron chi connectivity index (χ3n) is 6.61. The SMILES string of the molecule is CCCOCCN1CCN(CCON=C2C(c3c(O)[nH]c4ccc(Br)cc34)=Nc3ccccc32)CC1. The molecular weight excluding hydrogens is 522 g/mol. The number of hydrogen-bond acceptors (Lipinski definition) is 7. The second-order valence-corrected chi connectivity index (χ2v) is 10.0. The van der Waals surface area contributed by atoms with Gasteiger partial charge in [0, 0.05) is 66.8 Å². The largest absolute Gasteiger partial charge is 0.494 e. The summed E-state index contributed by atoms with van der Waals surface area (Å²) in [7, 11) is 0. The Morgan fingerprint density at radius 2 is 1.78 bits per heavy atom. The third kappa shape index (κ3) is 5.49. The van der Waals surface area contributed by atoms with Crippen LogP contribution < -0.4 is 0 Å². The fourth-order valence-corrected chi connectivity index (χ4v) is 5.05. The molecule has 9 heteroatoms. The van der Waals surface area contributed by atoms with Gasteiger partial charge in [-0.05, 0) is 30.7 Å². The Labute approximate surface area is 219 Å². The number of aliphatic imine (C=N–C) groups is 1. The van der Waals surface area contributed by atoms with Crippen LogP contribution in [0.4, 0.5) is 5.69 Å². The molecule has 1 fully saturated rings. The molecule has 1 saturated heterocycles. The van der Waals surface area contributed by atoms with E-state index in [1.54, 1.807) is 0 Å². The summed E-state index contributed by atoms with van der Waals surface area (Å²) in [6.45, 7) is 10.2. The van der Waals surface area contributed by atoms with Crippen LogP contribution in [0.3, 0.4) is 0 Å². The van der Waals surface area contributed by atoms with Crippen molar-refractivity contribution in [2.24, 2.45) is 10.1 Å². The lowest BCUT2D eigenvalue weighted by atomic mass is 10.0. The van der Waals surface area contributed by atoms with Crippen molar-refractivity contribution in [3.8, 4) is 5.88 Å². The number of H-pyrrole nitrogens is 1. The number of rotatable bonds is 10. The third-order valence-corrected chi connectivity index (χ3v) is 7.11. The Hall–Kier alpha value is -2.72. The summed E-state index contributed by atoms with van der Waals surface area (Å²) in [5.74, 6) is 0.0697. The van der Waals surface area contributed by atoms with Crippen LogP contribution >= 0.6 is 15.9 Å². The van der Waals surface area contributed by atoms with E-state index < -0.39 is 0 Å². The molecule has 190 valence electrons. The van der Waals surface area contributed by atoms with Crippen LogP contribution in [0.25, 0.3) is 10.9 Å². The van der Waals surface area contributed by atoms with E-state index >= 15 is 0 Å². The number of benzene rings is 2. The first-order valence-corrected chi connectivity index (χ1v) is 13.3. The average molecular weight is 554 g/mol. The smallest absolute Gasteiger partial charge is 0.199 e. The number of ether oxygens (including phenoxy) is 1. The molecule has 2 N–H and O–H groups in total. The second-order valence-electron chi connectivity index (χ2n) is 9.08. The molecule has 0 aliphatic carbocycles. The lowest BCUT2D eigenvalue weighted by molar-refractivity contribution is 0.0586.